The Labute approximate surface area is 84.4 Å². The van der Waals surface area contributed by atoms with E-state index in [4.69, 9.17) is 0 Å². The fourth-order valence-electron chi connectivity index (χ4n) is 1.02. The minimum absolute atomic E-state index is 1.10. The highest BCUT2D eigenvalue weighted by molar-refractivity contribution is 14.1. The maximum Gasteiger partial charge on any atom is 0.0645 e. The fraction of sp³-hybridized carbons (Fsp3) is 0. The normalized spacial score (nSPS) is 10.1. The summed E-state index contributed by atoms with van der Waals surface area (Å²) in [6, 6.07) is 10.1. The molecule has 2 aromatic rings. The summed E-state index contributed by atoms with van der Waals surface area (Å²) in [5, 5.41) is 4.20. The number of hydrogen-bond acceptors (Lipinski definition) is 1. The van der Waals surface area contributed by atoms with E-state index in [0.717, 1.165) is 9.26 Å². The first-order valence-electron chi connectivity index (χ1n) is 3.62. The van der Waals surface area contributed by atoms with Gasteiger partial charge >= 0.3 is 0 Å². The standard InChI is InChI=1S/C9H7IN2/c10-8-6-11-12(7-8)9-4-2-1-3-5-9/h1-7H. The summed E-state index contributed by atoms with van der Waals surface area (Å²) in [4.78, 5) is 0. The molecule has 0 atom stereocenters. The maximum atomic E-state index is 4.20. The monoisotopic (exact) mass is 270 g/mol. The molecule has 1 aromatic heterocycles. The summed E-state index contributed by atoms with van der Waals surface area (Å²) < 4.78 is 3.01. The van der Waals surface area contributed by atoms with Crippen LogP contribution in [0.4, 0.5) is 0 Å². The molecule has 12 heavy (non-hydrogen) atoms. The lowest BCUT2D eigenvalue weighted by Gasteiger charge is -1.97. The van der Waals surface area contributed by atoms with E-state index in [1.54, 1.807) is 0 Å². The van der Waals surface area contributed by atoms with Gasteiger partial charge in [0.25, 0.3) is 0 Å². The van der Waals surface area contributed by atoms with E-state index in [1.807, 2.05) is 47.4 Å². The predicted octanol–water partition coefficient (Wildman–Crippen LogP) is 2.48. The van der Waals surface area contributed by atoms with Crippen molar-refractivity contribution >= 4 is 22.6 Å². The second kappa shape index (κ2) is 3.26. The van der Waals surface area contributed by atoms with Crippen LogP contribution in [0.25, 0.3) is 5.69 Å². The molecule has 0 aliphatic heterocycles. The SMILES string of the molecule is Ic1cnn(-c2ccccc2)c1. The van der Waals surface area contributed by atoms with Crippen LogP contribution >= 0.6 is 22.6 Å². The van der Waals surface area contributed by atoms with Crippen LogP contribution in [0.1, 0.15) is 0 Å². The number of hydrogen-bond donors (Lipinski definition) is 0. The molecule has 2 rings (SSSR count). The second-order valence-electron chi connectivity index (χ2n) is 2.44. The smallest absolute Gasteiger partial charge is 0.0645 e. The van der Waals surface area contributed by atoms with Crippen LogP contribution in [0.5, 0.6) is 0 Å². The van der Waals surface area contributed by atoms with Crippen molar-refractivity contribution in [3.05, 3.63) is 46.3 Å². The largest absolute Gasteiger partial charge is 0.240 e. The van der Waals surface area contributed by atoms with Gasteiger partial charge in [0, 0.05) is 6.20 Å². The Morgan fingerprint density at radius 3 is 2.50 bits per heavy atom. The topological polar surface area (TPSA) is 17.8 Å². The molecule has 0 bridgehead atoms. The van der Waals surface area contributed by atoms with Gasteiger partial charge in [0.1, 0.15) is 0 Å². The second-order valence-corrected chi connectivity index (χ2v) is 3.68. The van der Waals surface area contributed by atoms with Crippen LogP contribution in [0.3, 0.4) is 0 Å². The minimum atomic E-state index is 1.10. The first-order chi connectivity index (χ1) is 5.86. The Kier molecular flexibility index (Phi) is 2.12. The molecule has 0 radical (unpaired) electrons. The van der Waals surface area contributed by atoms with Gasteiger partial charge in [-0.25, -0.2) is 4.68 Å². The van der Waals surface area contributed by atoms with Gasteiger partial charge in [0.15, 0.2) is 0 Å². The van der Waals surface area contributed by atoms with Crippen LogP contribution < -0.4 is 0 Å². The summed E-state index contributed by atoms with van der Waals surface area (Å²) in [5.41, 5.74) is 1.10. The zero-order chi connectivity index (χ0) is 8.39. The van der Waals surface area contributed by atoms with Crippen LogP contribution in [-0.2, 0) is 0 Å². The van der Waals surface area contributed by atoms with Gasteiger partial charge in [0.2, 0.25) is 0 Å². The molecule has 2 nitrogen and oxygen atoms in total. The Balaban J connectivity index is 2.45. The fourth-order valence-corrected chi connectivity index (χ4v) is 1.41. The molecule has 60 valence electrons. The van der Waals surface area contributed by atoms with Gasteiger partial charge in [0.05, 0.1) is 15.5 Å². The molecule has 0 saturated heterocycles. The number of halogens is 1. The third kappa shape index (κ3) is 1.50. The van der Waals surface area contributed by atoms with Crippen LogP contribution in [0, 0.1) is 3.57 Å². The summed E-state index contributed by atoms with van der Waals surface area (Å²) in [6.07, 6.45) is 3.84. The molecule has 3 heteroatoms. The molecule has 0 fully saturated rings. The number of para-hydroxylation sites is 1. The first kappa shape index (κ1) is 7.79. The van der Waals surface area contributed by atoms with E-state index >= 15 is 0 Å². The average molecular weight is 270 g/mol. The minimum Gasteiger partial charge on any atom is -0.240 e. The van der Waals surface area contributed by atoms with Crippen LogP contribution in [-0.4, -0.2) is 9.78 Å². The molecule has 0 amide bonds. The zero-order valence-corrected chi connectivity index (χ0v) is 8.47. The van der Waals surface area contributed by atoms with Crippen molar-refractivity contribution < 1.29 is 0 Å². The Bertz CT molecular complexity index is 367. The van der Waals surface area contributed by atoms with Gasteiger partial charge in [-0.3, -0.25) is 0 Å². The lowest BCUT2D eigenvalue weighted by molar-refractivity contribution is 0.880. The lowest BCUT2D eigenvalue weighted by Crippen LogP contribution is -1.92. The third-order valence-corrected chi connectivity index (χ3v) is 2.13. The molecule has 0 aliphatic carbocycles. The molecular weight excluding hydrogens is 263 g/mol. The molecular formula is C9H7IN2. The van der Waals surface area contributed by atoms with Crippen molar-refractivity contribution in [3.63, 3.8) is 0 Å². The molecule has 0 spiro atoms. The van der Waals surface area contributed by atoms with E-state index in [-0.39, 0.29) is 0 Å². The molecule has 0 unspecified atom stereocenters. The molecule has 1 heterocycles. The van der Waals surface area contributed by atoms with E-state index in [2.05, 4.69) is 27.7 Å². The summed E-state index contributed by atoms with van der Waals surface area (Å²) >= 11 is 2.24. The zero-order valence-electron chi connectivity index (χ0n) is 6.31. The average Bonchev–Trinajstić information content (AvgIpc) is 2.54. The van der Waals surface area contributed by atoms with Crippen molar-refractivity contribution in [2.75, 3.05) is 0 Å². The summed E-state index contributed by atoms with van der Waals surface area (Å²) in [7, 11) is 0. The summed E-state index contributed by atoms with van der Waals surface area (Å²) in [5.74, 6) is 0. The van der Waals surface area contributed by atoms with E-state index < -0.39 is 0 Å². The van der Waals surface area contributed by atoms with Crippen molar-refractivity contribution in [3.8, 4) is 5.69 Å². The first-order valence-corrected chi connectivity index (χ1v) is 4.70. The van der Waals surface area contributed by atoms with Gasteiger partial charge in [-0.1, -0.05) is 18.2 Å². The highest BCUT2D eigenvalue weighted by Crippen LogP contribution is 2.08. The molecule has 1 aromatic carbocycles. The summed E-state index contributed by atoms with van der Waals surface area (Å²) in [6.45, 7) is 0. The predicted molar refractivity (Wildman–Crippen MR) is 56.3 cm³/mol. The Hall–Kier alpha value is -0.840. The van der Waals surface area contributed by atoms with Crippen LogP contribution in [0.2, 0.25) is 0 Å². The number of nitrogens with zero attached hydrogens (tertiary/aromatic N) is 2. The van der Waals surface area contributed by atoms with E-state index in [9.17, 15) is 0 Å². The molecule has 0 saturated carbocycles. The molecule has 0 N–H and O–H groups in total. The maximum absolute atomic E-state index is 4.20. The van der Waals surface area contributed by atoms with Crippen molar-refractivity contribution in [2.45, 2.75) is 0 Å². The van der Waals surface area contributed by atoms with Crippen LogP contribution in [0.15, 0.2) is 42.7 Å². The van der Waals surface area contributed by atoms with Gasteiger partial charge in [-0.15, -0.1) is 0 Å². The number of aromatic nitrogens is 2. The molecule has 0 aliphatic rings. The highest BCUT2D eigenvalue weighted by Gasteiger charge is 1.95. The van der Waals surface area contributed by atoms with Gasteiger partial charge < -0.3 is 0 Å². The third-order valence-electron chi connectivity index (χ3n) is 1.57. The Morgan fingerprint density at radius 1 is 1.17 bits per heavy atom. The van der Waals surface area contributed by atoms with E-state index in [0.29, 0.717) is 0 Å². The lowest BCUT2D eigenvalue weighted by atomic mass is 10.3. The highest BCUT2D eigenvalue weighted by atomic mass is 127. The van der Waals surface area contributed by atoms with Crippen molar-refractivity contribution in [1.29, 1.82) is 0 Å². The van der Waals surface area contributed by atoms with Crippen molar-refractivity contribution in [1.82, 2.24) is 9.78 Å². The van der Waals surface area contributed by atoms with Gasteiger partial charge in [-0.2, -0.15) is 5.10 Å². The quantitative estimate of drug-likeness (QED) is 0.728. The Morgan fingerprint density at radius 2 is 1.92 bits per heavy atom. The number of rotatable bonds is 1. The van der Waals surface area contributed by atoms with E-state index in [1.165, 1.54) is 0 Å². The van der Waals surface area contributed by atoms with Crippen molar-refractivity contribution in [2.24, 2.45) is 0 Å². The van der Waals surface area contributed by atoms with Gasteiger partial charge in [-0.05, 0) is 34.7 Å². The number of benzene rings is 1.